The Balaban J connectivity index is 1.94. The summed E-state index contributed by atoms with van der Waals surface area (Å²) in [4.78, 5) is 0. The van der Waals surface area contributed by atoms with Gasteiger partial charge < -0.3 is 10.6 Å². The normalized spacial score (nSPS) is 23.0. The third-order valence-electron chi connectivity index (χ3n) is 3.13. The quantitative estimate of drug-likeness (QED) is 0.891. The van der Waals surface area contributed by atoms with Gasteiger partial charge in [0, 0.05) is 23.1 Å². The summed E-state index contributed by atoms with van der Waals surface area (Å²) in [6, 6.07) is 9.56. The van der Waals surface area contributed by atoms with Gasteiger partial charge >= 0.3 is 0 Å². The first-order valence-corrected chi connectivity index (χ1v) is 6.77. The lowest BCUT2D eigenvalue weighted by molar-refractivity contribution is 0.362. The van der Waals surface area contributed by atoms with Crippen LogP contribution in [0.2, 0.25) is 0 Å². The molecule has 2 N–H and O–H groups in total. The van der Waals surface area contributed by atoms with E-state index < -0.39 is 0 Å². The Morgan fingerprint density at radius 1 is 1.50 bits per heavy atom. The molecule has 1 fully saturated rings. The molecule has 0 saturated carbocycles. The number of nitrogens with one attached hydrogen (secondary N) is 2. The van der Waals surface area contributed by atoms with Crippen molar-refractivity contribution in [1.29, 1.82) is 0 Å². The minimum Gasteiger partial charge on any atom is -0.315 e. The van der Waals surface area contributed by atoms with Crippen LogP contribution in [0.25, 0.3) is 0 Å². The maximum atomic E-state index is 3.68. The smallest absolute Gasteiger partial charge is 0.0295 e. The lowest BCUT2D eigenvalue weighted by Gasteiger charge is -2.27. The van der Waals surface area contributed by atoms with Gasteiger partial charge in [0.25, 0.3) is 0 Å². The van der Waals surface area contributed by atoms with Crippen molar-refractivity contribution >= 4 is 15.9 Å². The van der Waals surface area contributed by atoms with Crippen LogP contribution in [-0.2, 0) is 0 Å². The molecule has 1 aliphatic rings. The second-order valence-corrected chi connectivity index (χ2v) is 5.40. The van der Waals surface area contributed by atoms with E-state index in [1.165, 1.54) is 24.9 Å². The van der Waals surface area contributed by atoms with E-state index in [1.807, 2.05) is 0 Å². The molecule has 1 aromatic carbocycles. The molecular formula is C13H19BrN2. The molecule has 0 spiro atoms. The third-order valence-corrected chi connectivity index (χ3v) is 3.62. The second kappa shape index (κ2) is 5.80. The van der Waals surface area contributed by atoms with Gasteiger partial charge in [-0.25, -0.2) is 0 Å². The predicted molar refractivity (Wildman–Crippen MR) is 71.6 cm³/mol. The van der Waals surface area contributed by atoms with Crippen LogP contribution >= 0.6 is 15.9 Å². The van der Waals surface area contributed by atoms with Gasteiger partial charge in [0.05, 0.1) is 0 Å². The summed E-state index contributed by atoms with van der Waals surface area (Å²) in [6.45, 7) is 4.50. The summed E-state index contributed by atoms with van der Waals surface area (Å²) < 4.78 is 1.15. The van der Waals surface area contributed by atoms with Gasteiger partial charge in [-0.3, -0.25) is 0 Å². The Bertz CT molecular complexity index is 334. The van der Waals surface area contributed by atoms with E-state index in [9.17, 15) is 0 Å². The molecule has 16 heavy (non-hydrogen) atoms. The lowest BCUT2D eigenvalue weighted by atomic mass is 10.0. The summed E-state index contributed by atoms with van der Waals surface area (Å²) in [6.07, 6.45) is 2.56. The second-order valence-electron chi connectivity index (χ2n) is 4.49. The number of benzene rings is 1. The Morgan fingerprint density at radius 2 is 2.38 bits per heavy atom. The van der Waals surface area contributed by atoms with E-state index in [4.69, 9.17) is 0 Å². The van der Waals surface area contributed by atoms with E-state index in [-0.39, 0.29) is 0 Å². The van der Waals surface area contributed by atoms with Crippen LogP contribution in [0.3, 0.4) is 0 Å². The molecule has 1 aromatic rings. The van der Waals surface area contributed by atoms with Crippen molar-refractivity contribution in [2.75, 3.05) is 13.1 Å². The highest BCUT2D eigenvalue weighted by Gasteiger charge is 2.15. The Hall–Kier alpha value is -0.380. The Kier molecular flexibility index (Phi) is 4.38. The van der Waals surface area contributed by atoms with Crippen molar-refractivity contribution in [3.05, 3.63) is 34.3 Å². The summed E-state index contributed by atoms with van der Waals surface area (Å²) in [5.41, 5.74) is 1.35. The summed E-state index contributed by atoms with van der Waals surface area (Å²) in [5.74, 6) is 0. The van der Waals surface area contributed by atoms with E-state index >= 15 is 0 Å². The van der Waals surface area contributed by atoms with Crippen molar-refractivity contribution in [3.63, 3.8) is 0 Å². The SMILES string of the molecule is C[C@@H](NC1CCCNC1)c1cccc(Br)c1. The maximum absolute atomic E-state index is 3.68. The van der Waals surface area contributed by atoms with Crippen LogP contribution in [0.15, 0.2) is 28.7 Å². The van der Waals surface area contributed by atoms with Crippen LogP contribution in [0.1, 0.15) is 31.4 Å². The van der Waals surface area contributed by atoms with Crippen molar-refractivity contribution in [3.8, 4) is 0 Å². The summed E-state index contributed by atoms with van der Waals surface area (Å²) >= 11 is 3.52. The van der Waals surface area contributed by atoms with Crippen molar-refractivity contribution in [1.82, 2.24) is 10.6 Å². The van der Waals surface area contributed by atoms with Crippen LogP contribution in [0.5, 0.6) is 0 Å². The molecule has 3 heteroatoms. The van der Waals surface area contributed by atoms with Gasteiger partial charge in [0.1, 0.15) is 0 Å². The van der Waals surface area contributed by atoms with E-state index in [1.54, 1.807) is 0 Å². The molecule has 0 aliphatic carbocycles. The Morgan fingerprint density at radius 3 is 3.06 bits per heavy atom. The fraction of sp³-hybridized carbons (Fsp3) is 0.538. The van der Waals surface area contributed by atoms with Gasteiger partial charge in [-0.1, -0.05) is 28.1 Å². The average molecular weight is 283 g/mol. The van der Waals surface area contributed by atoms with Gasteiger partial charge in [-0.15, -0.1) is 0 Å². The van der Waals surface area contributed by atoms with Gasteiger partial charge in [0.2, 0.25) is 0 Å². The number of piperidine rings is 1. The van der Waals surface area contributed by atoms with E-state index in [0.717, 1.165) is 11.0 Å². The summed E-state index contributed by atoms with van der Waals surface area (Å²) in [7, 11) is 0. The maximum Gasteiger partial charge on any atom is 0.0295 e. The number of halogens is 1. The minimum absolute atomic E-state index is 0.419. The van der Waals surface area contributed by atoms with Crippen LogP contribution in [-0.4, -0.2) is 19.1 Å². The standard InChI is InChI=1S/C13H19BrN2/c1-10(11-4-2-5-12(14)8-11)16-13-6-3-7-15-9-13/h2,4-5,8,10,13,15-16H,3,6-7,9H2,1H3/t10-,13?/m1/s1. The fourth-order valence-corrected chi connectivity index (χ4v) is 2.64. The zero-order chi connectivity index (χ0) is 11.4. The van der Waals surface area contributed by atoms with Crippen molar-refractivity contribution in [2.45, 2.75) is 31.8 Å². The van der Waals surface area contributed by atoms with E-state index in [0.29, 0.717) is 12.1 Å². The highest BCUT2D eigenvalue weighted by molar-refractivity contribution is 9.10. The monoisotopic (exact) mass is 282 g/mol. The molecule has 0 radical (unpaired) electrons. The molecule has 2 rings (SSSR count). The molecule has 1 unspecified atom stereocenters. The van der Waals surface area contributed by atoms with Crippen LogP contribution in [0, 0.1) is 0 Å². The first kappa shape index (κ1) is 12.1. The number of hydrogen-bond donors (Lipinski definition) is 2. The molecule has 2 nitrogen and oxygen atoms in total. The zero-order valence-electron chi connectivity index (χ0n) is 9.67. The molecule has 0 bridgehead atoms. The summed E-state index contributed by atoms with van der Waals surface area (Å²) in [5, 5.41) is 7.11. The predicted octanol–water partition coefficient (Wildman–Crippen LogP) is 2.85. The topological polar surface area (TPSA) is 24.1 Å². The van der Waals surface area contributed by atoms with Crippen LogP contribution < -0.4 is 10.6 Å². The number of rotatable bonds is 3. The zero-order valence-corrected chi connectivity index (χ0v) is 11.3. The Labute approximate surface area is 106 Å². The third kappa shape index (κ3) is 3.30. The highest BCUT2D eigenvalue weighted by atomic mass is 79.9. The molecule has 88 valence electrons. The first-order valence-electron chi connectivity index (χ1n) is 5.98. The van der Waals surface area contributed by atoms with E-state index in [2.05, 4.69) is 57.8 Å². The largest absolute Gasteiger partial charge is 0.315 e. The van der Waals surface area contributed by atoms with Crippen molar-refractivity contribution in [2.24, 2.45) is 0 Å². The molecule has 0 amide bonds. The van der Waals surface area contributed by atoms with Gasteiger partial charge in [-0.2, -0.15) is 0 Å². The highest BCUT2D eigenvalue weighted by Crippen LogP contribution is 2.19. The first-order chi connectivity index (χ1) is 7.75. The minimum atomic E-state index is 0.419. The molecular weight excluding hydrogens is 264 g/mol. The van der Waals surface area contributed by atoms with Gasteiger partial charge in [-0.05, 0) is 44.0 Å². The molecule has 0 aromatic heterocycles. The number of hydrogen-bond acceptors (Lipinski definition) is 2. The average Bonchev–Trinajstić information content (AvgIpc) is 2.30. The fourth-order valence-electron chi connectivity index (χ4n) is 2.22. The lowest BCUT2D eigenvalue weighted by Crippen LogP contribution is -2.43. The molecule has 1 saturated heterocycles. The van der Waals surface area contributed by atoms with Crippen molar-refractivity contribution < 1.29 is 0 Å². The molecule has 1 heterocycles. The molecule has 1 aliphatic heterocycles. The molecule has 2 atom stereocenters. The van der Waals surface area contributed by atoms with Gasteiger partial charge in [0.15, 0.2) is 0 Å². The van der Waals surface area contributed by atoms with Crippen LogP contribution in [0.4, 0.5) is 0 Å².